The Balaban J connectivity index is 1.92. The number of aryl methyl sites for hydroxylation is 1. The minimum Gasteiger partial charge on any atom is -0.465 e. The quantitative estimate of drug-likeness (QED) is 0.588. The van der Waals surface area contributed by atoms with Crippen molar-refractivity contribution in [2.45, 2.75) is 52.1 Å². The molecule has 1 aliphatic heterocycles. The van der Waals surface area contributed by atoms with E-state index in [1.165, 1.54) is 11.1 Å². The Labute approximate surface area is 121 Å². The van der Waals surface area contributed by atoms with Gasteiger partial charge in [0.05, 0.1) is 6.61 Å². The summed E-state index contributed by atoms with van der Waals surface area (Å²) in [7, 11) is 0. The summed E-state index contributed by atoms with van der Waals surface area (Å²) >= 11 is 0. The third-order valence-electron chi connectivity index (χ3n) is 4.13. The maximum Gasteiger partial charge on any atom is 0.323 e. The number of hydrogen-bond acceptors (Lipinski definition) is 3. The number of nitrogens with zero attached hydrogens (tertiary/aromatic N) is 1. The molecule has 1 saturated heterocycles. The van der Waals surface area contributed by atoms with Crippen LogP contribution in [0.5, 0.6) is 0 Å². The van der Waals surface area contributed by atoms with Gasteiger partial charge < -0.3 is 4.74 Å². The number of carbonyl (C=O) groups is 1. The molecule has 2 rings (SSSR count). The van der Waals surface area contributed by atoms with E-state index in [-0.39, 0.29) is 18.1 Å². The van der Waals surface area contributed by atoms with Crippen LogP contribution in [0.3, 0.4) is 0 Å². The minimum atomic E-state index is -0.0526. The molecule has 0 amide bonds. The smallest absolute Gasteiger partial charge is 0.323 e. The van der Waals surface area contributed by atoms with Crippen molar-refractivity contribution in [3.8, 4) is 0 Å². The van der Waals surface area contributed by atoms with Gasteiger partial charge in [0.25, 0.3) is 0 Å². The summed E-state index contributed by atoms with van der Waals surface area (Å²) in [5.41, 5.74) is 2.53. The zero-order chi connectivity index (χ0) is 14.5. The average Bonchev–Trinajstić information content (AvgIpc) is 2.38. The predicted molar refractivity (Wildman–Crippen MR) is 80.6 cm³/mol. The van der Waals surface area contributed by atoms with Gasteiger partial charge in [-0.1, -0.05) is 43.2 Å². The monoisotopic (exact) mass is 275 g/mol. The van der Waals surface area contributed by atoms with E-state index in [1.54, 1.807) is 0 Å². The van der Waals surface area contributed by atoms with E-state index in [2.05, 4.69) is 49.9 Å². The number of unbranched alkanes of at least 4 members (excludes halogenated alkanes) is 1. The van der Waals surface area contributed by atoms with Crippen molar-refractivity contribution in [3.63, 3.8) is 0 Å². The topological polar surface area (TPSA) is 29.5 Å². The second-order valence-corrected chi connectivity index (χ2v) is 5.65. The molecule has 1 aromatic rings. The zero-order valence-corrected chi connectivity index (χ0v) is 12.8. The largest absolute Gasteiger partial charge is 0.465 e. The molecular formula is C17H25NO2. The average molecular weight is 275 g/mol. The molecule has 3 heteroatoms. The van der Waals surface area contributed by atoms with E-state index in [9.17, 15) is 4.79 Å². The van der Waals surface area contributed by atoms with Crippen molar-refractivity contribution in [3.05, 3.63) is 35.4 Å². The summed E-state index contributed by atoms with van der Waals surface area (Å²) in [4.78, 5) is 14.3. The van der Waals surface area contributed by atoms with Crippen LogP contribution < -0.4 is 0 Å². The van der Waals surface area contributed by atoms with E-state index in [0.29, 0.717) is 6.61 Å². The highest BCUT2D eigenvalue weighted by atomic mass is 16.5. The molecule has 3 nitrogen and oxygen atoms in total. The van der Waals surface area contributed by atoms with Crippen LogP contribution in [0.25, 0.3) is 0 Å². The van der Waals surface area contributed by atoms with Gasteiger partial charge in [0.2, 0.25) is 0 Å². The number of benzene rings is 1. The third kappa shape index (κ3) is 3.40. The molecule has 1 heterocycles. The molecule has 0 radical (unpaired) electrons. The molecule has 2 atom stereocenters. The molecule has 1 aromatic carbocycles. The first kappa shape index (κ1) is 15.0. The molecule has 0 spiro atoms. The van der Waals surface area contributed by atoms with Crippen molar-refractivity contribution in [2.24, 2.45) is 0 Å². The molecule has 0 saturated carbocycles. The lowest BCUT2D eigenvalue weighted by Crippen LogP contribution is -2.53. The normalized spacial score (nSPS) is 20.2. The Morgan fingerprint density at radius 3 is 2.65 bits per heavy atom. The van der Waals surface area contributed by atoms with Crippen LogP contribution in [-0.2, 0) is 9.53 Å². The van der Waals surface area contributed by atoms with Gasteiger partial charge >= 0.3 is 5.97 Å². The maximum atomic E-state index is 12.0. The fraction of sp³-hybridized carbons (Fsp3) is 0.588. The summed E-state index contributed by atoms with van der Waals surface area (Å²) in [5.74, 6) is -0.0522. The van der Waals surface area contributed by atoms with Gasteiger partial charge in [0.1, 0.15) is 6.04 Å². The molecule has 0 N–H and O–H groups in total. The zero-order valence-electron chi connectivity index (χ0n) is 12.8. The molecule has 2 unspecified atom stereocenters. The Kier molecular flexibility index (Phi) is 5.18. The molecule has 110 valence electrons. The molecule has 0 aliphatic carbocycles. The van der Waals surface area contributed by atoms with Crippen LogP contribution in [-0.4, -0.2) is 30.1 Å². The maximum absolute atomic E-state index is 12.0. The Bertz CT molecular complexity index is 441. The number of ether oxygens (including phenoxy) is 1. The van der Waals surface area contributed by atoms with Crippen LogP contribution in [0.15, 0.2) is 24.3 Å². The Hall–Kier alpha value is -1.35. The highest BCUT2D eigenvalue weighted by Gasteiger charge is 2.38. The number of carbonyl (C=O) groups excluding carboxylic acids is 1. The van der Waals surface area contributed by atoms with Crippen molar-refractivity contribution in [1.29, 1.82) is 0 Å². The fourth-order valence-corrected chi connectivity index (χ4v) is 2.57. The number of rotatable bonds is 6. The SMILES string of the molecule is CCCCOC(=O)C1CCN1C(C)c1ccc(C)cc1. The van der Waals surface area contributed by atoms with Gasteiger partial charge in [-0.05, 0) is 32.3 Å². The Morgan fingerprint density at radius 2 is 2.10 bits per heavy atom. The summed E-state index contributed by atoms with van der Waals surface area (Å²) in [6.45, 7) is 7.88. The van der Waals surface area contributed by atoms with Gasteiger partial charge in [-0.2, -0.15) is 0 Å². The number of likely N-dealkylation sites (tertiary alicyclic amines) is 1. The van der Waals surface area contributed by atoms with Gasteiger partial charge in [-0.3, -0.25) is 9.69 Å². The van der Waals surface area contributed by atoms with E-state index >= 15 is 0 Å². The van der Waals surface area contributed by atoms with Crippen LogP contribution >= 0.6 is 0 Å². The van der Waals surface area contributed by atoms with Gasteiger partial charge in [-0.25, -0.2) is 0 Å². The van der Waals surface area contributed by atoms with Crippen LogP contribution in [0.1, 0.15) is 50.3 Å². The molecule has 1 aliphatic rings. The van der Waals surface area contributed by atoms with Crippen LogP contribution in [0, 0.1) is 6.92 Å². The molecular weight excluding hydrogens is 250 g/mol. The van der Waals surface area contributed by atoms with Crippen LogP contribution in [0.4, 0.5) is 0 Å². The highest BCUT2D eigenvalue weighted by Crippen LogP contribution is 2.31. The molecule has 1 fully saturated rings. The highest BCUT2D eigenvalue weighted by molar-refractivity contribution is 5.77. The lowest BCUT2D eigenvalue weighted by atomic mass is 9.96. The van der Waals surface area contributed by atoms with E-state index < -0.39 is 0 Å². The number of hydrogen-bond donors (Lipinski definition) is 0. The molecule has 20 heavy (non-hydrogen) atoms. The molecule has 0 bridgehead atoms. The van der Waals surface area contributed by atoms with Crippen molar-refractivity contribution in [1.82, 2.24) is 4.90 Å². The third-order valence-corrected chi connectivity index (χ3v) is 4.13. The van der Waals surface area contributed by atoms with E-state index in [0.717, 1.165) is 25.8 Å². The first-order chi connectivity index (χ1) is 9.63. The van der Waals surface area contributed by atoms with Crippen molar-refractivity contribution >= 4 is 5.97 Å². The fourth-order valence-electron chi connectivity index (χ4n) is 2.57. The lowest BCUT2D eigenvalue weighted by Gasteiger charge is -2.43. The summed E-state index contributed by atoms with van der Waals surface area (Å²) in [5, 5.41) is 0. The first-order valence-corrected chi connectivity index (χ1v) is 7.62. The predicted octanol–water partition coefficient (Wildman–Crippen LogP) is 3.47. The van der Waals surface area contributed by atoms with Gasteiger partial charge in [-0.15, -0.1) is 0 Å². The second kappa shape index (κ2) is 6.89. The van der Waals surface area contributed by atoms with Crippen molar-refractivity contribution in [2.75, 3.05) is 13.2 Å². The lowest BCUT2D eigenvalue weighted by molar-refractivity contribution is -0.157. The standard InChI is InChI=1S/C17H25NO2/c1-4-5-12-20-17(19)16-10-11-18(16)14(3)15-8-6-13(2)7-9-15/h6-9,14,16H,4-5,10-12H2,1-3H3. The molecule has 0 aromatic heterocycles. The van der Waals surface area contributed by atoms with Crippen molar-refractivity contribution < 1.29 is 9.53 Å². The second-order valence-electron chi connectivity index (χ2n) is 5.65. The summed E-state index contributed by atoms with van der Waals surface area (Å²) in [6.07, 6.45) is 2.93. The minimum absolute atomic E-state index is 0.0522. The van der Waals surface area contributed by atoms with E-state index in [4.69, 9.17) is 4.74 Å². The Morgan fingerprint density at radius 1 is 1.40 bits per heavy atom. The van der Waals surface area contributed by atoms with Gasteiger partial charge in [0.15, 0.2) is 0 Å². The summed E-state index contributed by atoms with van der Waals surface area (Å²) < 4.78 is 5.34. The van der Waals surface area contributed by atoms with Crippen LogP contribution in [0.2, 0.25) is 0 Å². The summed E-state index contributed by atoms with van der Waals surface area (Å²) in [6, 6.07) is 8.77. The van der Waals surface area contributed by atoms with Gasteiger partial charge in [0, 0.05) is 12.6 Å². The number of esters is 1. The first-order valence-electron chi connectivity index (χ1n) is 7.62. The van der Waals surface area contributed by atoms with E-state index in [1.807, 2.05) is 0 Å².